The van der Waals surface area contributed by atoms with Crippen molar-refractivity contribution in [3.63, 3.8) is 0 Å². The average Bonchev–Trinajstić information content (AvgIpc) is 2.79. The number of nitrogens with one attached hydrogen (secondary N) is 1. The van der Waals surface area contributed by atoms with Crippen molar-refractivity contribution in [2.24, 2.45) is 0 Å². The first-order valence-electron chi connectivity index (χ1n) is 5.78. The summed E-state index contributed by atoms with van der Waals surface area (Å²) in [6, 6.07) is 5.52. The molecule has 1 aliphatic rings. The Hall–Kier alpha value is -1.47. The third kappa shape index (κ3) is 4.60. The largest absolute Gasteiger partial charge is 0.454 e. The van der Waals surface area contributed by atoms with Crippen LogP contribution in [0.3, 0.4) is 0 Å². The lowest BCUT2D eigenvalue weighted by atomic mass is 10.2. The van der Waals surface area contributed by atoms with E-state index in [1.165, 1.54) is 0 Å². The fourth-order valence-corrected chi connectivity index (χ4v) is 1.62. The van der Waals surface area contributed by atoms with Crippen LogP contribution in [0.1, 0.15) is 5.56 Å². The van der Waals surface area contributed by atoms with Crippen LogP contribution in [-0.2, 0) is 11.3 Å². The number of fused-ring (bicyclic) bond motifs is 1. The molecule has 1 N–H and O–H groups in total. The van der Waals surface area contributed by atoms with Gasteiger partial charge in [-0.2, -0.15) is 13.2 Å². The van der Waals surface area contributed by atoms with Gasteiger partial charge in [0, 0.05) is 13.1 Å². The van der Waals surface area contributed by atoms with Gasteiger partial charge in [0.25, 0.3) is 0 Å². The van der Waals surface area contributed by atoms with Gasteiger partial charge in [0.1, 0.15) is 6.61 Å². The van der Waals surface area contributed by atoms with Gasteiger partial charge in [-0.15, -0.1) is 0 Å². The van der Waals surface area contributed by atoms with Gasteiger partial charge in [-0.1, -0.05) is 6.07 Å². The summed E-state index contributed by atoms with van der Waals surface area (Å²) in [6.07, 6.45) is -4.27. The van der Waals surface area contributed by atoms with E-state index < -0.39 is 12.8 Å². The summed E-state index contributed by atoms with van der Waals surface area (Å²) >= 11 is 0. The molecule has 1 aromatic carbocycles. The molecule has 0 unspecified atom stereocenters. The van der Waals surface area contributed by atoms with Crippen molar-refractivity contribution in [2.75, 3.05) is 26.6 Å². The summed E-state index contributed by atoms with van der Waals surface area (Å²) < 4.78 is 50.2. The first-order chi connectivity index (χ1) is 9.04. The first kappa shape index (κ1) is 14.0. The van der Waals surface area contributed by atoms with E-state index in [1.54, 1.807) is 6.07 Å². The molecular weight excluding hydrogens is 263 g/mol. The third-order valence-corrected chi connectivity index (χ3v) is 2.46. The van der Waals surface area contributed by atoms with E-state index in [1.807, 2.05) is 12.1 Å². The Bertz CT molecular complexity index is 423. The maximum Gasteiger partial charge on any atom is 0.411 e. The summed E-state index contributed by atoms with van der Waals surface area (Å²) in [5.74, 6) is 1.39. The molecule has 106 valence electrons. The van der Waals surface area contributed by atoms with Crippen molar-refractivity contribution in [2.45, 2.75) is 12.7 Å². The molecule has 0 saturated carbocycles. The molecule has 4 nitrogen and oxygen atoms in total. The second-order valence-corrected chi connectivity index (χ2v) is 4.03. The van der Waals surface area contributed by atoms with Crippen molar-refractivity contribution < 1.29 is 27.4 Å². The lowest BCUT2D eigenvalue weighted by Gasteiger charge is -2.08. The Labute approximate surface area is 108 Å². The second kappa shape index (κ2) is 6.12. The van der Waals surface area contributed by atoms with Gasteiger partial charge >= 0.3 is 6.18 Å². The number of alkyl halides is 3. The molecular formula is C12H14F3NO3. The molecule has 0 radical (unpaired) electrons. The van der Waals surface area contributed by atoms with Crippen molar-refractivity contribution in [3.05, 3.63) is 23.8 Å². The van der Waals surface area contributed by atoms with Crippen molar-refractivity contribution >= 4 is 0 Å². The Balaban J connectivity index is 1.63. The quantitative estimate of drug-likeness (QED) is 0.808. The normalized spacial score (nSPS) is 13.8. The summed E-state index contributed by atoms with van der Waals surface area (Å²) in [7, 11) is 0. The van der Waals surface area contributed by atoms with Gasteiger partial charge in [-0.05, 0) is 17.7 Å². The molecule has 0 saturated heterocycles. The first-order valence-corrected chi connectivity index (χ1v) is 5.78. The molecule has 0 aromatic heterocycles. The van der Waals surface area contributed by atoms with E-state index in [9.17, 15) is 13.2 Å². The smallest absolute Gasteiger partial charge is 0.411 e. The van der Waals surface area contributed by atoms with Crippen LogP contribution in [0, 0.1) is 0 Å². The molecule has 0 aliphatic carbocycles. The monoisotopic (exact) mass is 277 g/mol. The van der Waals surface area contributed by atoms with Crippen LogP contribution in [0.25, 0.3) is 0 Å². The predicted molar refractivity (Wildman–Crippen MR) is 61.1 cm³/mol. The van der Waals surface area contributed by atoms with Crippen LogP contribution in [0.15, 0.2) is 18.2 Å². The third-order valence-electron chi connectivity index (χ3n) is 2.46. The van der Waals surface area contributed by atoms with Crippen LogP contribution in [0.5, 0.6) is 11.5 Å². The molecule has 0 atom stereocenters. The Morgan fingerprint density at radius 2 is 2.00 bits per heavy atom. The van der Waals surface area contributed by atoms with Gasteiger partial charge in [0.15, 0.2) is 11.5 Å². The van der Waals surface area contributed by atoms with Gasteiger partial charge in [0.05, 0.1) is 6.61 Å². The zero-order valence-electron chi connectivity index (χ0n) is 10.1. The van der Waals surface area contributed by atoms with E-state index in [0.717, 1.165) is 5.56 Å². The number of hydrogen-bond acceptors (Lipinski definition) is 4. The molecule has 19 heavy (non-hydrogen) atoms. The number of ether oxygens (including phenoxy) is 3. The zero-order chi connectivity index (χ0) is 13.7. The van der Waals surface area contributed by atoms with E-state index in [0.29, 0.717) is 24.6 Å². The zero-order valence-corrected chi connectivity index (χ0v) is 10.1. The molecule has 1 aliphatic heterocycles. The van der Waals surface area contributed by atoms with E-state index in [-0.39, 0.29) is 13.4 Å². The summed E-state index contributed by atoms with van der Waals surface area (Å²) in [4.78, 5) is 0. The molecule has 0 spiro atoms. The molecule has 0 fully saturated rings. The highest BCUT2D eigenvalue weighted by molar-refractivity contribution is 5.44. The van der Waals surface area contributed by atoms with E-state index >= 15 is 0 Å². The maximum absolute atomic E-state index is 11.8. The average molecular weight is 277 g/mol. The molecule has 0 bridgehead atoms. The van der Waals surface area contributed by atoms with Crippen molar-refractivity contribution in [1.29, 1.82) is 0 Å². The second-order valence-electron chi connectivity index (χ2n) is 4.03. The van der Waals surface area contributed by atoms with Gasteiger partial charge in [-0.3, -0.25) is 0 Å². The SMILES string of the molecule is FC(F)(F)COCCNCc1ccc2c(c1)OCO2. The molecule has 0 amide bonds. The molecule has 7 heteroatoms. The summed E-state index contributed by atoms with van der Waals surface area (Å²) in [5.41, 5.74) is 0.972. The highest BCUT2D eigenvalue weighted by atomic mass is 19.4. The number of rotatable bonds is 6. The fraction of sp³-hybridized carbons (Fsp3) is 0.500. The Morgan fingerprint density at radius 1 is 1.21 bits per heavy atom. The summed E-state index contributed by atoms with van der Waals surface area (Å²) in [6.45, 7) is -0.0865. The standard InChI is InChI=1S/C12H14F3NO3/c13-12(14,15)7-17-4-3-16-6-9-1-2-10-11(5-9)19-8-18-10/h1-2,5,16H,3-4,6-8H2. The topological polar surface area (TPSA) is 39.7 Å². The molecule has 2 rings (SSSR count). The molecule has 1 aromatic rings. The van der Waals surface area contributed by atoms with Crippen molar-refractivity contribution in [3.8, 4) is 11.5 Å². The number of halogens is 3. The van der Waals surface area contributed by atoms with Crippen molar-refractivity contribution in [1.82, 2.24) is 5.32 Å². The van der Waals surface area contributed by atoms with Gasteiger partial charge in [-0.25, -0.2) is 0 Å². The Kier molecular flexibility index (Phi) is 4.49. The minimum atomic E-state index is -4.27. The summed E-state index contributed by atoms with van der Waals surface area (Å²) in [5, 5.41) is 2.99. The molecule has 1 heterocycles. The van der Waals surface area contributed by atoms with Gasteiger partial charge in [0.2, 0.25) is 6.79 Å². The van der Waals surface area contributed by atoms with E-state index in [4.69, 9.17) is 9.47 Å². The lowest BCUT2D eigenvalue weighted by Crippen LogP contribution is -2.23. The van der Waals surface area contributed by atoms with Crippen LogP contribution >= 0.6 is 0 Å². The maximum atomic E-state index is 11.8. The van der Waals surface area contributed by atoms with Crippen LogP contribution in [0.4, 0.5) is 13.2 Å². The van der Waals surface area contributed by atoms with Crippen LogP contribution < -0.4 is 14.8 Å². The minimum Gasteiger partial charge on any atom is -0.454 e. The van der Waals surface area contributed by atoms with E-state index in [2.05, 4.69) is 10.1 Å². The predicted octanol–water partition coefficient (Wildman–Crippen LogP) is 2.08. The van der Waals surface area contributed by atoms with Crippen LogP contribution in [-0.4, -0.2) is 32.7 Å². The highest BCUT2D eigenvalue weighted by Crippen LogP contribution is 2.32. The lowest BCUT2D eigenvalue weighted by molar-refractivity contribution is -0.173. The number of hydrogen-bond donors (Lipinski definition) is 1. The van der Waals surface area contributed by atoms with Gasteiger partial charge < -0.3 is 19.5 Å². The highest BCUT2D eigenvalue weighted by Gasteiger charge is 2.27. The fourth-order valence-electron chi connectivity index (χ4n) is 1.62. The minimum absolute atomic E-state index is 0.0179. The Morgan fingerprint density at radius 3 is 2.79 bits per heavy atom. The van der Waals surface area contributed by atoms with Crippen LogP contribution in [0.2, 0.25) is 0 Å². The number of benzene rings is 1.